The highest BCUT2D eigenvalue weighted by Crippen LogP contribution is 2.21. The number of hydrogen-bond acceptors (Lipinski definition) is 4. The molecule has 2 rings (SSSR count). The van der Waals surface area contributed by atoms with E-state index in [1.807, 2.05) is 6.92 Å². The first-order chi connectivity index (χ1) is 9.85. The molecule has 1 heterocycles. The van der Waals surface area contributed by atoms with Gasteiger partial charge in [0, 0.05) is 6.54 Å². The fraction of sp³-hybridized carbons (Fsp3) is 0.286. The van der Waals surface area contributed by atoms with E-state index >= 15 is 0 Å². The van der Waals surface area contributed by atoms with Crippen LogP contribution in [-0.2, 0) is 22.1 Å². The predicted molar refractivity (Wildman–Crippen MR) is 76.9 cm³/mol. The van der Waals surface area contributed by atoms with Gasteiger partial charge in [0.05, 0.1) is 27.6 Å². The third-order valence-corrected chi connectivity index (χ3v) is 4.78. The second-order valence-corrected chi connectivity index (χ2v) is 6.61. The van der Waals surface area contributed by atoms with Crippen molar-refractivity contribution in [1.82, 2.24) is 9.78 Å². The van der Waals surface area contributed by atoms with Gasteiger partial charge in [0.25, 0.3) is 0 Å². The third kappa shape index (κ3) is 3.13. The van der Waals surface area contributed by atoms with Crippen molar-refractivity contribution in [2.24, 2.45) is 0 Å². The Morgan fingerprint density at radius 3 is 2.62 bits per heavy atom. The van der Waals surface area contributed by atoms with Crippen molar-refractivity contribution in [3.63, 3.8) is 0 Å². The molecule has 112 valence electrons. The van der Waals surface area contributed by atoms with E-state index in [1.54, 1.807) is 17.7 Å². The molecule has 0 aliphatic carbocycles. The molecule has 0 saturated carbocycles. The first-order valence-corrected chi connectivity index (χ1v) is 8.08. The molecule has 0 radical (unpaired) electrons. The van der Waals surface area contributed by atoms with Crippen LogP contribution in [0.2, 0.25) is 0 Å². The molecule has 1 aromatic carbocycles. The van der Waals surface area contributed by atoms with Gasteiger partial charge in [-0.1, -0.05) is 12.1 Å². The van der Waals surface area contributed by atoms with Gasteiger partial charge in [0.2, 0.25) is 0 Å². The summed E-state index contributed by atoms with van der Waals surface area (Å²) in [6.07, 6.45) is 0. The maximum Gasteiger partial charge on any atom is 0.337 e. The highest BCUT2D eigenvalue weighted by atomic mass is 32.2. The van der Waals surface area contributed by atoms with Gasteiger partial charge >= 0.3 is 5.97 Å². The second kappa shape index (κ2) is 5.69. The molecule has 6 nitrogen and oxygen atoms in total. The van der Waals surface area contributed by atoms with E-state index in [0.717, 1.165) is 5.69 Å². The van der Waals surface area contributed by atoms with E-state index in [4.69, 9.17) is 5.11 Å². The number of nitrogens with zero attached hydrogens (tertiary/aromatic N) is 2. The molecule has 0 saturated heterocycles. The third-order valence-electron chi connectivity index (χ3n) is 3.08. The normalized spacial score (nSPS) is 11.5. The lowest BCUT2D eigenvalue weighted by molar-refractivity contribution is 0.0692. The topological polar surface area (TPSA) is 89.3 Å². The quantitative estimate of drug-likeness (QED) is 0.911. The van der Waals surface area contributed by atoms with Crippen molar-refractivity contribution in [2.45, 2.75) is 31.0 Å². The molecule has 0 fully saturated rings. The van der Waals surface area contributed by atoms with Crippen LogP contribution in [-0.4, -0.2) is 29.3 Å². The van der Waals surface area contributed by atoms with Gasteiger partial charge in [0.1, 0.15) is 0 Å². The zero-order valence-corrected chi connectivity index (χ0v) is 12.6. The molecule has 2 aromatic rings. The number of aryl methyl sites for hydroxylation is 2. The van der Waals surface area contributed by atoms with Gasteiger partial charge in [0.15, 0.2) is 9.84 Å². The summed E-state index contributed by atoms with van der Waals surface area (Å²) in [6.45, 7) is 4.21. The Morgan fingerprint density at radius 2 is 2.00 bits per heavy atom. The van der Waals surface area contributed by atoms with Gasteiger partial charge in [-0.25, -0.2) is 13.2 Å². The molecule has 0 aliphatic rings. The van der Waals surface area contributed by atoms with E-state index in [-0.39, 0.29) is 16.2 Å². The van der Waals surface area contributed by atoms with Gasteiger partial charge in [-0.15, -0.1) is 0 Å². The average molecular weight is 308 g/mol. The molecule has 21 heavy (non-hydrogen) atoms. The standard InChI is InChI=1S/C14H16N2O4S/c1-3-16-11(8-10(2)15-16)9-21(19,20)13-7-5-4-6-12(13)14(17)18/h4-8H,3,9H2,1-2H3,(H,17,18). The predicted octanol–water partition coefficient (Wildman–Crippen LogP) is 1.88. The van der Waals surface area contributed by atoms with Crippen molar-refractivity contribution in [2.75, 3.05) is 0 Å². The lowest BCUT2D eigenvalue weighted by Gasteiger charge is -2.08. The van der Waals surface area contributed by atoms with E-state index < -0.39 is 15.8 Å². The highest BCUT2D eigenvalue weighted by molar-refractivity contribution is 7.90. The van der Waals surface area contributed by atoms with Gasteiger partial charge in [-0.3, -0.25) is 4.68 Å². The Morgan fingerprint density at radius 1 is 1.33 bits per heavy atom. The number of sulfone groups is 1. The lowest BCUT2D eigenvalue weighted by atomic mass is 10.2. The molecule has 0 bridgehead atoms. The van der Waals surface area contributed by atoms with Crippen LogP contribution in [0.3, 0.4) is 0 Å². The Hall–Kier alpha value is -2.15. The van der Waals surface area contributed by atoms with Crippen LogP contribution in [0.15, 0.2) is 35.2 Å². The number of carboxylic acid groups (broad SMARTS) is 1. The van der Waals surface area contributed by atoms with Crippen LogP contribution in [0.25, 0.3) is 0 Å². The zero-order chi connectivity index (χ0) is 15.6. The first kappa shape index (κ1) is 15.2. The summed E-state index contributed by atoms with van der Waals surface area (Å²) in [5.74, 6) is -1.53. The van der Waals surface area contributed by atoms with E-state index in [2.05, 4.69) is 5.10 Å². The molecule has 7 heteroatoms. The summed E-state index contributed by atoms with van der Waals surface area (Å²) in [5.41, 5.74) is 1.07. The number of benzene rings is 1. The number of aromatic carboxylic acids is 1. The number of carbonyl (C=O) groups is 1. The van der Waals surface area contributed by atoms with Crippen molar-refractivity contribution in [1.29, 1.82) is 0 Å². The Bertz CT molecular complexity index is 778. The number of aromatic nitrogens is 2. The fourth-order valence-electron chi connectivity index (χ4n) is 2.18. The molecular weight excluding hydrogens is 292 g/mol. The fourth-order valence-corrected chi connectivity index (χ4v) is 3.73. The smallest absolute Gasteiger partial charge is 0.337 e. The maximum atomic E-state index is 12.5. The number of carboxylic acids is 1. The SMILES string of the molecule is CCn1nc(C)cc1CS(=O)(=O)c1ccccc1C(=O)O. The Kier molecular flexibility index (Phi) is 4.13. The summed E-state index contributed by atoms with van der Waals surface area (Å²) >= 11 is 0. The van der Waals surface area contributed by atoms with Crippen molar-refractivity contribution in [3.8, 4) is 0 Å². The van der Waals surface area contributed by atoms with Crippen LogP contribution in [0.4, 0.5) is 0 Å². The summed E-state index contributed by atoms with van der Waals surface area (Å²) in [5, 5.41) is 13.3. The van der Waals surface area contributed by atoms with Crippen molar-refractivity contribution >= 4 is 15.8 Å². The number of hydrogen-bond donors (Lipinski definition) is 1. The molecule has 1 N–H and O–H groups in total. The first-order valence-electron chi connectivity index (χ1n) is 6.43. The Balaban J connectivity index is 2.46. The van der Waals surface area contributed by atoms with E-state index in [0.29, 0.717) is 12.2 Å². The lowest BCUT2D eigenvalue weighted by Crippen LogP contribution is -2.14. The summed E-state index contributed by atoms with van der Waals surface area (Å²) in [6, 6.07) is 7.32. The minimum atomic E-state index is -3.75. The molecule has 0 aliphatic heterocycles. The minimum absolute atomic E-state index is 0.168. The molecule has 1 aromatic heterocycles. The summed E-state index contributed by atoms with van der Waals surface area (Å²) in [4.78, 5) is 11.0. The van der Waals surface area contributed by atoms with E-state index in [9.17, 15) is 13.2 Å². The molecule has 0 amide bonds. The highest BCUT2D eigenvalue weighted by Gasteiger charge is 2.23. The molecule has 0 atom stereocenters. The molecule has 0 unspecified atom stereocenters. The van der Waals surface area contributed by atoms with Gasteiger partial charge in [-0.05, 0) is 32.0 Å². The number of rotatable bonds is 5. The molecular formula is C14H16N2O4S. The van der Waals surface area contributed by atoms with Gasteiger partial charge < -0.3 is 5.11 Å². The van der Waals surface area contributed by atoms with Crippen molar-refractivity contribution < 1.29 is 18.3 Å². The monoisotopic (exact) mass is 308 g/mol. The summed E-state index contributed by atoms with van der Waals surface area (Å²) < 4.78 is 26.6. The minimum Gasteiger partial charge on any atom is -0.478 e. The van der Waals surface area contributed by atoms with Crippen molar-refractivity contribution in [3.05, 3.63) is 47.3 Å². The Labute approximate surface area is 123 Å². The van der Waals surface area contributed by atoms with E-state index in [1.165, 1.54) is 24.3 Å². The average Bonchev–Trinajstić information content (AvgIpc) is 2.78. The van der Waals surface area contributed by atoms with Crippen LogP contribution in [0.1, 0.15) is 28.7 Å². The van der Waals surface area contributed by atoms with Crippen LogP contribution < -0.4 is 0 Å². The molecule has 0 spiro atoms. The van der Waals surface area contributed by atoms with Gasteiger partial charge in [-0.2, -0.15) is 5.10 Å². The van der Waals surface area contributed by atoms with Crippen LogP contribution in [0, 0.1) is 6.92 Å². The summed E-state index contributed by atoms with van der Waals surface area (Å²) in [7, 11) is -3.75. The second-order valence-electron chi connectivity index (χ2n) is 4.65. The van der Waals surface area contributed by atoms with Crippen LogP contribution >= 0.6 is 0 Å². The zero-order valence-electron chi connectivity index (χ0n) is 11.8. The van der Waals surface area contributed by atoms with Crippen LogP contribution in [0.5, 0.6) is 0 Å². The maximum absolute atomic E-state index is 12.5. The largest absolute Gasteiger partial charge is 0.478 e.